The van der Waals surface area contributed by atoms with Gasteiger partial charge in [0, 0.05) is 25.2 Å². The normalized spacial score (nSPS) is 11.2. The van der Waals surface area contributed by atoms with Gasteiger partial charge in [0.25, 0.3) is 0 Å². The zero-order valence-electron chi connectivity index (χ0n) is 14.6. The van der Waals surface area contributed by atoms with Crippen LogP contribution in [0.3, 0.4) is 0 Å². The number of carbonyl (C=O) groups excluding carboxylic acids is 2. The summed E-state index contributed by atoms with van der Waals surface area (Å²) in [4.78, 5) is 29.1. The van der Waals surface area contributed by atoms with E-state index in [9.17, 15) is 9.59 Å². The highest BCUT2D eigenvalue weighted by molar-refractivity contribution is 5.81. The van der Waals surface area contributed by atoms with E-state index < -0.39 is 0 Å². The van der Waals surface area contributed by atoms with Gasteiger partial charge in [0.05, 0.1) is 23.8 Å². The first-order chi connectivity index (χ1) is 12.7. The van der Waals surface area contributed by atoms with Crippen LogP contribution in [0.5, 0.6) is 0 Å². The first-order valence-electron chi connectivity index (χ1n) is 8.64. The van der Waals surface area contributed by atoms with Gasteiger partial charge in [-0.2, -0.15) is 10.2 Å². The van der Waals surface area contributed by atoms with Crippen molar-refractivity contribution in [2.45, 2.75) is 38.5 Å². The van der Waals surface area contributed by atoms with Crippen LogP contribution in [0.2, 0.25) is 0 Å². The molecular weight excluding hydrogens is 332 g/mol. The summed E-state index contributed by atoms with van der Waals surface area (Å²) in [7, 11) is 0. The fourth-order valence-electron chi connectivity index (χ4n) is 2.23. The molecule has 138 valence electrons. The highest BCUT2D eigenvalue weighted by atomic mass is 16.2. The van der Waals surface area contributed by atoms with Crippen LogP contribution in [0.1, 0.15) is 49.9 Å². The standard InChI is InChI=1S/C18H24N6O2/c25-17(23-21-13-15-7-5-11-19-15)9-3-1-2-4-10-18(26)24-22-14-16-8-6-12-20-16/h5-8,11-14,19-20H,1-4,9-10H2,(H,23,25)(H,24,26)/b21-13+,22-14+. The highest BCUT2D eigenvalue weighted by Gasteiger charge is 2.02. The third kappa shape index (κ3) is 8.09. The van der Waals surface area contributed by atoms with Crippen LogP contribution in [0, 0.1) is 0 Å². The van der Waals surface area contributed by atoms with Crippen molar-refractivity contribution in [2.75, 3.05) is 0 Å². The summed E-state index contributed by atoms with van der Waals surface area (Å²) in [5.41, 5.74) is 6.65. The van der Waals surface area contributed by atoms with Crippen LogP contribution in [0.4, 0.5) is 0 Å². The molecule has 2 aromatic rings. The fourth-order valence-corrected chi connectivity index (χ4v) is 2.23. The maximum atomic E-state index is 11.6. The number of nitrogens with zero attached hydrogens (tertiary/aromatic N) is 2. The Morgan fingerprint density at radius 3 is 1.65 bits per heavy atom. The smallest absolute Gasteiger partial charge is 0.240 e. The van der Waals surface area contributed by atoms with Gasteiger partial charge in [-0.3, -0.25) is 9.59 Å². The van der Waals surface area contributed by atoms with Crippen molar-refractivity contribution in [3.8, 4) is 0 Å². The minimum absolute atomic E-state index is 0.107. The number of aromatic nitrogens is 2. The van der Waals surface area contributed by atoms with E-state index >= 15 is 0 Å². The lowest BCUT2D eigenvalue weighted by Gasteiger charge is -2.01. The van der Waals surface area contributed by atoms with Gasteiger partial charge >= 0.3 is 0 Å². The van der Waals surface area contributed by atoms with Crippen LogP contribution < -0.4 is 10.9 Å². The van der Waals surface area contributed by atoms with Crippen molar-refractivity contribution >= 4 is 24.2 Å². The molecule has 8 heteroatoms. The summed E-state index contributed by atoms with van der Waals surface area (Å²) in [5, 5.41) is 7.75. The van der Waals surface area contributed by atoms with Crippen molar-refractivity contribution in [3.05, 3.63) is 48.0 Å². The maximum Gasteiger partial charge on any atom is 0.240 e. The second-order valence-corrected chi connectivity index (χ2v) is 5.75. The van der Waals surface area contributed by atoms with E-state index in [2.05, 4.69) is 31.0 Å². The van der Waals surface area contributed by atoms with E-state index in [0.29, 0.717) is 12.8 Å². The summed E-state index contributed by atoms with van der Waals surface area (Å²) in [6, 6.07) is 7.43. The molecule has 2 heterocycles. The third-order valence-corrected chi connectivity index (χ3v) is 3.59. The molecule has 0 aliphatic carbocycles. The molecular formula is C18H24N6O2. The molecule has 2 rings (SSSR count). The van der Waals surface area contributed by atoms with Gasteiger partial charge in [0.2, 0.25) is 11.8 Å². The lowest BCUT2D eigenvalue weighted by atomic mass is 10.1. The molecule has 0 fully saturated rings. The van der Waals surface area contributed by atoms with Crippen LogP contribution in [-0.4, -0.2) is 34.2 Å². The third-order valence-electron chi connectivity index (χ3n) is 3.59. The predicted octanol–water partition coefficient (Wildman–Crippen LogP) is 2.28. The molecule has 2 aromatic heterocycles. The molecule has 26 heavy (non-hydrogen) atoms. The monoisotopic (exact) mass is 356 g/mol. The number of amides is 2. The Morgan fingerprint density at radius 1 is 0.808 bits per heavy atom. The molecule has 4 N–H and O–H groups in total. The van der Waals surface area contributed by atoms with E-state index in [-0.39, 0.29) is 11.8 Å². The van der Waals surface area contributed by atoms with E-state index in [1.54, 1.807) is 24.8 Å². The zero-order valence-corrected chi connectivity index (χ0v) is 14.6. The second kappa shape index (κ2) is 11.4. The van der Waals surface area contributed by atoms with Gasteiger partial charge in [-0.15, -0.1) is 0 Å². The average molecular weight is 356 g/mol. The Balaban J connectivity index is 1.44. The van der Waals surface area contributed by atoms with Crippen LogP contribution in [-0.2, 0) is 9.59 Å². The maximum absolute atomic E-state index is 11.6. The molecule has 0 aromatic carbocycles. The second-order valence-electron chi connectivity index (χ2n) is 5.75. The van der Waals surface area contributed by atoms with Crippen LogP contribution >= 0.6 is 0 Å². The number of nitrogens with one attached hydrogen (secondary N) is 4. The predicted molar refractivity (Wildman–Crippen MR) is 101 cm³/mol. The zero-order chi connectivity index (χ0) is 18.5. The lowest BCUT2D eigenvalue weighted by Crippen LogP contribution is -2.17. The van der Waals surface area contributed by atoms with Gasteiger partial charge in [0.15, 0.2) is 0 Å². The average Bonchev–Trinajstić information content (AvgIpc) is 3.32. The van der Waals surface area contributed by atoms with Gasteiger partial charge in [-0.1, -0.05) is 12.8 Å². The molecule has 0 saturated heterocycles. The molecule has 0 aliphatic heterocycles. The summed E-state index contributed by atoms with van der Waals surface area (Å²) in [6.07, 6.45) is 10.9. The fraction of sp³-hybridized carbons (Fsp3) is 0.333. The molecule has 0 radical (unpaired) electrons. The molecule has 8 nitrogen and oxygen atoms in total. The summed E-state index contributed by atoms with van der Waals surface area (Å²) in [6.45, 7) is 0. The van der Waals surface area contributed by atoms with E-state index in [1.807, 2.05) is 24.3 Å². The molecule has 0 unspecified atom stereocenters. The largest absolute Gasteiger partial charge is 0.360 e. The number of carbonyl (C=O) groups is 2. The van der Waals surface area contributed by atoms with Crippen LogP contribution in [0.25, 0.3) is 0 Å². The molecule has 0 atom stereocenters. The summed E-state index contributed by atoms with van der Waals surface area (Å²) >= 11 is 0. The number of aromatic amines is 2. The van der Waals surface area contributed by atoms with Crippen molar-refractivity contribution in [1.82, 2.24) is 20.8 Å². The number of hydrogen-bond donors (Lipinski definition) is 4. The van der Waals surface area contributed by atoms with Gasteiger partial charge in [0.1, 0.15) is 0 Å². The number of H-pyrrole nitrogens is 2. The number of unbranched alkanes of at least 4 members (excludes halogenated alkanes) is 3. The quantitative estimate of drug-likeness (QED) is 0.281. The Bertz CT molecular complexity index is 642. The number of hydrogen-bond acceptors (Lipinski definition) is 4. The summed E-state index contributed by atoms with van der Waals surface area (Å²) < 4.78 is 0. The molecule has 0 saturated carbocycles. The van der Waals surface area contributed by atoms with Gasteiger partial charge in [-0.05, 0) is 37.1 Å². The Kier molecular flexibility index (Phi) is 8.41. The van der Waals surface area contributed by atoms with Gasteiger partial charge < -0.3 is 9.97 Å². The highest BCUT2D eigenvalue weighted by Crippen LogP contribution is 2.05. The number of rotatable bonds is 11. The molecule has 0 bridgehead atoms. The van der Waals surface area contributed by atoms with Crippen molar-refractivity contribution in [3.63, 3.8) is 0 Å². The Hall–Kier alpha value is -3.16. The Labute approximate surface area is 152 Å². The first kappa shape index (κ1) is 19.2. The van der Waals surface area contributed by atoms with Crippen molar-refractivity contribution in [2.24, 2.45) is 10.2 Å². The van der Waals surface area contributed by atoms with Crippen LogP contribution in [0.15, 0.2) is 46.9 Å². The Morgan fingerprint density at radius 2 is 1.27 bits per heavy atom. The number of hydrazone groups is 2. The minimum Gasteiger partial charge on any atom is -0.360 e. The van der Waals surface area contributed by atoms with Gasteiger partial charge in [-0.25, -0.2) is 10.9 Å². The SMILES string of the molecule is O=C(CCCCCCC(=O)N/N=C/c1ccc[nH]1)N/N=C/c1ccc[nH]1. The van der Waals surface area contributed by atoms with E-state index in [0.717, 1.165) is 37.1 Å². The topological polar surface area (TPSA) is 114 Å². The van der Waals surface area contributed by atoms with Crippen molar-refractivity contribution in [1.29, 1.82) is 0 Å². The molecule has 2 amide bonds. The minimum atomic E-state index is -0.107. The molecule has 0 aliphatic rings. The van der Waals surface area contributed by atoms with E-state index in [4.69, 9.17) is 0 Å². The first-order valence-corrected chi connectivity index (χ1v) is 8.64. The molecule has 0 spiro atoms. The lowest BCUT2D eigenvalue weighted by molar-refractivity contribution is -0.122. The van der Waals surface area contributed by atoms with E-state index in [1.165, 1.54) is 0 Å². The van der Waals surface area contributed by atoms with Crippen molar-refractivity contribution < 1.29 is 9.59 Å². The summed E-state index contributed by atoms with van der Waals surface area (Å²) in [5.74, 6) is -0.214.